The molecule has 2 aromatic heterocycles. The molecule has 1 unspecified atom stereocenters. The predicted molar refractivity (Wildman–Crippen MR) is 136 cm³/mol. The monoisotopic (exact) mass is 485 g/mol. The molecule has 8 nitrogen and oxygen atoms in total. The van der Waals surface area contributed by atoms with Gasteiger partial charge in [-0.25, -0.2) is 9.97 Å². The van der Waals surface area contributed by atoms with E-state index in [1.165, 1.54) is 4.90 Å². The number of rotatable bonds is 8. The molecule has 1 aliphatic heterocycles. The number of hydrogen-bond acceptors (Lipinski definition) is 7. The zero-order valence-corrected chi connectivity index (χ0v) is 20.5. The molecule has 0 aliphatic carbocycles. The van der Waals surface area contributed by atoms with E-state index < -0.39 is 11.9 Å². The number of aromatic nitrogens is 2. The predicted octanol–water partition coefficient (Wildman–Crippen LogP) is 5.22. The minimum Gasteiger partial charge on any atom is -0.493 e. The van der Waals surface area contributed by atoms with Crippen LogP contribution in [0, 0.1) is 6.92 Å². The topological polar surface area (TPSA) is 94.8 Å². The summed E-state index contributed by atoms with van der Waals surface area (Å²) in [6.07, 6.45) is 6.23. The number of carbonyl (C=O) groups excluding carboxylic acids is 1. The molecule has 1 aliphatic rings. The van der Waals surface area contributed by atoms with Crippen molar-refractivity contribution in [3.8, 4) is 11.5 Å². The largest absolute Gasteiger partial charge is 0.493 e. The first kappa shape index (κ1) is 23.5. The summed E-state index contributed by atoms with van der Waals surface area (Å²) in [5, 5.41) is 0.422. The van der Waals surface area contributed by atoms with Gasteiger partial charge in [-0.2, -0.15) is 0 Å². The molecule has 0 saturated heterocycles. The number of unbranched alkanes of at least 4 members (excludes halogenated alkanes) is 2. The molecular weight excluding hydrogens is 458 g/mol. The Morgan fingerprint density at radius 1 is 1.03 bits per heavy atom. The van der Waals surface area contributed by atoms with Crippen LogP contribution in [0.4, 0.5) is 5.95 Å². The summed E-state index contributed by atoms with van der Waals surface area (Å²) >= 11 is 0. The quantitative estimate of drug-likeness (QED) is 0.316. The van der Waals surface area contributed by atoms with Gasteiger partial charge in [-0.05, 0) is 49.2 Å². The summed E-state index contributed by atoms with van der Waals surface area (Å²) in [5.74, 6) is 0.815. The molecule has 0 saturated carbocycles. The van der Waals surface area contributed by atoms with Gasteiger partial charge in [0.1, 0.15) is 5.58 Å². The molecule has 8 heteroatoms. The summed E-state index contributed by atoms with van der Waals surface area (Å²) in [5.41, 5.74) is 1.94. The summed E-state index contributed by atoms with van der Waals surface area (Å²) in [7, 11) is 1.56. The minimum absolute atomic E-state index is 0.00679. The number of amides is 1. The molecule has 1 amide bonds. The van der Waals surface area contributed by atoms with Crippen LogP contribution < -0.4 is 19.8 Å². The van der Waals surface area contributed by atoms with E-state index in [1.54, 1.807) is 49.8 Å². The highest BCUT2D eigenvalue weighted by atomic mass is 16.5. The number of hydrogen-bond donors (Lipinski definition) is 0. The van der Waals surface area contributed by atoms with Crippen molar-refractivity contribution in [2.24, 2.45) is 0 Å². The Balaban J connectivity index is 1.67. The first-order valence-corrected chi connectivity index (χ1v) is 12.0. The van der Waals surface area contributed by atoms with Crippen LogP contribution in [-0.2, 0) is 0 Å². The molecule has 4 aromatic rings. The molecule has 184 valence electrons. The van der Waals surface area contributed by atoms with E-state index in [9.17, 15) is 9.59 Å². The molecule has 0 fully saturated rings. The van der Waals surface area contributed by atoms with Gasteiger partial charge in [-0.15, -0.1) is 0 Å². The van der Waals surface area contributed by atoms with Crippen LogP contribution in [0.2, 0.25) is 0 Å². The molecular formula is C28H27N3O5. The van der Waals surface area contributed by atoms with E-state index in [0.29, 0.717) is 34.6 Å². The maximum Gasteiger partial charge on any atom is 0.297 e. The lowest BCUT2D eigenvalue weighted by atomic mass is 9.98. The average molecular weight is 486 g/mol. The lowest BCUT2D eigenvalue weighted by Crippen LogP contribution is -2.31. The zero-order valence-electron chi connectivity index (χ0n) is 20.5. The Bertz CT molecular complexity index is 1480. The van der Waals surface area contributed by atoms with E-state index in [-0.39, 0.29) is 22.7 Å². The number of aryl methyl sites for hydroxylation is 1. The zero-order chi connectivity index (χ0) is 25.2. The molecule has 36 heavy (non-hydrogen) atoms. The Kier molecular flexibility index (Phi) is 6.41. The molecule has 5 rings (SSSR count). The van der Waals surface area contributed by atoms with Crippen molar-refractivity contribution in [1.82, 2.24) is 9.97 Å². The van der Waals surface area contributed by atoms with Gasteiger partial charge < -0.3 is 13.9 Å². The van der Waals surface area contributed by atoms with Crippen LogP contribution in [0.15, 0.2) is 64.1 Å². The first-order valence-electron chi connectivity index (χ1n) is 12.0. The Labute approximate surface area is 208 Å². The molecule has 0 N–H and O–H groups in total. The SMILES string of the molecule is CCCCCOc1ccc(C2c3c(oc4ccc(C)cc4c3=O)C(=O)N2c2ncccn2)cc1OC. The van der Waals surface area contributed by atoms with Crippen molar-refractivity contribution in [1.29, 1.82) is 0 Å². The van der Waals surface area contributed by atoms with Gasteiger partial charge >= 0.3 is 0 Å². The van der Waals surface area contributed by atoms with Crippen molar-refractivity contribution in [2.75, 3.05) is 18.6 Å². The molecule has 3 heterocycles. The fraction of sp³-hybridized carbons (Fsp3) is 0.286. The smallest absolute Gasteiger partial charge is 0.297 e. The van der Waals surface area contributed by atoms with E-state index in [4.69, 9.17) is 13.9 Å². The first-order chi connectivity index (χ1) is 17.5. The second kappa shape index (κ2) is 9.81. The highest BCUT2D eigenvalue weighted by Crippen LogP contribution is 2.42. The lowest BCUT2D eigenvalue weighted by molar-refractivity contribution is 0.0969. The van der Waals surface area contributed by atoms with E-state index in [2.05, 4.69) is 16.9 Å². The summed E-state index contributed by atoms with van der Waals surface area (Å²) in [6.45, 7) is 4.62. The molecule has 1 atom stereocenters. The van der Waals surface area contributed by atoms with E-state index in [1.807, 2.05) is 19.1 Å². The number of nitrogens with zero attached hydrogens (tertiary/aromatic N) is 3. The van der Waals surface area contributed by atoms with Crippen LogP contribution in [-0.4, -0.2) is 29.6 Å². The van der Waals surface area contributed by atoms with Crippen molar-refractivity contribution < 1.29 is 18.7 Å². The third-order valence-electron chi connectivity index (χ3n) is 6.30. The van der Waals surface area contributed by atoms with Gasteiger partial charge in [0, 0.05) is 12.4 Å². The molecule has 0 spiro atoms. The highest BCUT2D eigenvalue weighted by Gasteiger charge is 2.45. The number of anilines is 1. The molecule has 0 radical (unpaired) electrons. The van der Waals surface area contributed by atoms with E-state index in [0.717, 1.165) is 24.8 Å². The fourth-order valence-corrected chi connectivity index (χ4v) is 4.53. The van der Waals surface area contributed by atoms with Crippen LogP contribution >= 0.6 is 0 Å². The minimum atomic E-state index is -0.792. The number of fused-ring (bicyclic) bond motifs is 2. The summed E-state index contributed by atoms with van der Waals surface area (Å²) < 4.78 is 17.6. The maximum absolute atomic E-state index is 13.8. The average Bonchev–Trinajstić information content (AvgIpc) is 3.20. The fourth-order valence-electron chi connectivity index (χ4n) is 4.53. The molecule has 2 aromatic carbocycles. The third-order valence-corrected chi connectivity index (χ3v) is 6.30. The number of ether oxygens (including phenoxy) is 2. The number of carbonyl (C=O) groups is 1. The molecule has 0 bridgehead atoms. The van der Waals surface area contributed by atoms with Gasteiger partial charge in [0.25, 0.3) is 5.91 Å². The van der Waals surface area contributed by atoms with Crippen LogP contribution in [0.5, 0.6) is 11.5 Å². The van der Waals surface area contributed by atoms with Crippen molar-refractivity contribution in [3.63, 3.8) is 0 Å². The second-order valence-corrected chi connectivity index (χ2v) is 8.77. The Hall–Kier alpha value is -4.20. The Morgan fingerprint density at radius 2 is 1.83 bits per heavy atom. The van der Waals surface area contributed by atoms with Crippen LogP contribution in [0.1, 0.15) is 59.5 Å². The number of methoxy groups -OCH3 is 1. The van der Waals surface area contributed by atoms with Gasteiger partial charge in [0.05, 0.1) is 30.7 Å². The number of benzene rings is 2. The summed E-state index contributed by atoms with van der Waals surface area (Å²) in [6, 6.07) is 11.6. The Morgan fingerprint density at radius 3 is 2.58 bits per heavy atom. The van der Waals surface area contributed by atoms with Gasteiger partial charge in [0.15, 0.2) is 16.9 Å². The van der Waals surface area contributed by atoms with Gasteiger partial charge in [-0.3, -0.25) is 14.5 Å². The normalized spacial score (nSPS) is 14.8. The van der Waals surface area contributed by atoms with Crippen molar-refractivity contribution in [3.05, 3.63) is 87.5 Å². The van der Waals surface area contributed by atoms with Gasteiger partial charge in [0.2, 0.25) is 11.7 Å². The van der Waals surface area contributed by atoms with E-state index >= 15 is 0 Å². The van der Waals surface area contributed by atoms with Crippen LogP contribution in [0.3, 0.4) is 0 Å². The van der Waals surface area contributed by atoms with Crippen molar-refractivity contribution >= 4 is 22.8 Å². The highest BCUT2D eigenvalue weighted by molar-refractivity contribution is 6.09. The van der Waals surface area contributed by atoms with Crippen molar-refractivity contribution in [2.45, 2.75) is 39.2 Å². The second-order valence-electron chi connectivity index (χ2n) is 8.77. The van der Waals surface area contributed by atoms with Crippen LogP contribution in [0.25, 0.3) is 11.0 Å². The lowest BCUT2D eigenvalue weighted by Gasteiger charge is -2.24. The standard InChI is InChI=1S/C28H27N3O5/c1-4-5-6-14-35-21-11-9-18(16-22(21)34-3)24-23-25(32)19-15-17(2)8-10-20(19)36-26(23)27(33)31(24)28-29-12-7-13-30-28/h7-13,15-16,24H,4-6,14H2,1-3H3. The maximum atomic E-state index is 13.8. The summed E-state index contributed by atoms with van der Waals surface area (Å²) in [4.78, 5) is 37.4. The third kappa shape index (κ3) is 4.08. The van der Waals surface area contributed by atoms with Gasteiger partial charge in [-0.1, -0.05) is 37.5 Å².